The molecule has 4 heteroatoms. The van der Waals surface area contributed by atoms with Crippen LogP contribution < -0.4 is 11.5 Å². The third kappa shape index (κ3) is 2.40. The summed E-state index contributed by atoms with van der Waals surface area (Å²) in [4.78, 5) is 10.9. The number of ether oxygens (including phenoxy) is 1. The number of nitrogens with two attached hydrogens (primary N) is 2. The molecule has 1 atom stereocenters. The predicted octanol–water partition coefficient (Wildman–Crippen LogP) is 0.114. The van der Waals surface area contributed by atoms with Crippen LogP contribution in [0, 0.1) is 0 Å². The van der Waals surface area contributed by atoms with E-state index in [1.807, 2.05) is 6.07 Å². The topological polar surface area (TPSA) is 78.3 Å². The second-order valence-corrected chi connectivity index (χ2v) is 4.12. The van der Waals surface area contributed by atoms with Crippen molar-refractivity contribution in [3.8, 4) is 0 Å². The Morgan fingerprint density at radius 2 is 2.25 bits per heavy atom. The van der Waals surface area contributed by atoms with Crippen LogP contribution in [0.2, 0.25) is 0 Å². The number of carbonyl (C=O) groups excluding carboxylic acids is 1. The summed E-state index contributed by atoms with van der Waals surface area (Å²) in [6.07, 6.45) is 1.44. The Kier molecular flexibility index (Phi) is 3.22. The molecule has 1 aromatic rings. The summed E-state index contributed by atoms with van der Waals surface area (Å²) in [5.74, 6) is -0.464. The van der Waals surface area contributed by atoms with E-state index in [0.717, 1.165) is 18.6 Å². The van der Waals surface area contributed by atoms with Crippen LogP contribution in [0.4, 0.5) is 0 Å². The fourth-order valence-corrected chi connectivity index (χ4v) is 1.90. The summed E-state index contributed by atoms with van der Waals surface area (Å²) < 4.78 is 5.38. The van der Waals surface area contributed by atoms with Gasteiger partial charge in [-0.3, -0.25) is 4.79 Å². The van der Waals surface area contributed by atoms with Gasteiger partial charge in [0.05, 0.1) is 19.3 Å². The average molecular weight is 220 g/mol. The smallest absolute Gasteiger partial charge is 0.234 e. The predicted molar refractivity (Wildman–Crippen MR) is 60.7 cm³/mol. The van der Waals surface area contributed by atoms with E-state index in [0.29, 0.717) is 13.0 Å². The van der Waals surface area contributed by atoms with Gasteiger partial charge in [0.25, 0.3) is 0 Å². The molecule has 0 spiro atoms. The lowest BCUT2D eigenvalue weighted by molar-refractivity contribution is -0.119. The normalized spacial score (nSPS) is 16.6. The first kappa shape index (κ1) is 11.1. The van der Waals surface area contributed by atoms with Crippen molar-refractivity contribution in [2.24, 2.45) is 11.5 Å². The maximum atomic E-state index is 10.9. The van der Waals surface area contributed by atoms with Gasteiger partial charge in [-0.25, -0.2) is 0 Å². The van der Waals surface area contributed by atoms with Crippen LogP contribution in [0.1, 0.15) is 16.7 Å². The van der Waals surface area contributed by atoms with E-state index < -0.39 is 11.9 Å². The van der Waals surface area contributed by atoms with Gasteiger partial charge >= 0.3 is 0 Å². The van der Waals surface area contributed by atoms with Crippen molar-refractivity contribution in [1.29, 1.82) is 0 Å². The maximum Gasteiger partial charge on any atom is 0.234 e. The third-order valence-corrected chi connectivity index (χ3v) is 2.87. The molecule has 16 heavy (non-hydrogen) atoms. The molecule has 0 aromatic heterocycles. The van der Waals surface area contributed by atoms with Crippen LogP contribution >= 0.6 is 0 Å². The number of rotatable bonds is 3. The van der Waals surface area contributed by atoms with Crippen molar-refractivity contribution in [3.05, 3.63) is 34.9 Å². The summed E-state index contributed by atoms with van der Waals surface area (Å²) in [5, 5.41) is 0. The quantitative estimate of drug-likeness (QED) is 0.759. The molecular formula is C12H16N2O2. The maximum absolute atomic E-state index is 10.9. The fourth-order valence-electron chi connectivity index (χ4n) is 1.90. The van der Waals surface area contributed by atoms with Crippen LogP contribution in [0.3, 0.4) is 0 Å². The van der Waals surface area contributed by atoms with Crippen LogP contribution in [0.25, 0.3) is 0 Å². The van der Waals surface area contributed by atoms with Crippen LogP contribution in [-0.4, -0.2) is 18.6 Å². The second kappa shape index (κ2) is 4.63. The molecule has 86 valence electrons. The summed E-state index contributed by atoms with van der Waals surface area (Å²) in [5.41, 5.74) is 14.3. The molecule has 4 nitrogen and oxygen atoms in total. The molecule has 0 unspecified atom stereocenters. The molecule has 2 rings (SSSR count). The van der Waals surface area contributed by atoms with E-state index >= 15 is 0 Å². The number of hydrogen-bond acceptors (Lipinski definition) is 3. The van der Waals surface area contributed by atoms with Crippen molar-refractivity contribution in [2.75, 3.05) is 6.61 Å². The lowest BCUT2D eigenvalue weighted by Crippen LogP contribution is -2.38. The molecule has 1 aliphatic rings. The average Bonchev–Trinajstić information content (AvgIpc) is 2.28. The zero-order valence-electron chi connectivity index (χ0n) is 9.11. The monoisotopic (exact) mass is 220 g/mol. The first-order chi connectivity index (χ1) is 7.66. The largest absolute Gasteiger partial charge is 0.376 e. The molecular weight excluding hydrogens is 204 g/mol. The van der Waals surface area contributed by atoms with Gasteiger partial charge in [0.1, 0.15) is 0 Å². The van der Waals surface area contributed by atoms with E-state index in [9.17, 15) is 4.79 Å². The molecule has 1 aromatic carbocycles. The van der Waals surface area contributed by atoms with Crippen molar-refractivity contribution < 1.29 is 9.53 Å². The molecule has 0 bridgehead atoms. The number of carbonyl (C=O) groups is 1. The molecule has 0 radical (unpaired) electrons. The Morgan fingerprint density at radius 3 is 3.00 bits per heavy atom. The minimum absolute atomic E-state index is 0.464. The third-order valence-electron chi connectivity index (χ3n) is 2.87. The van der Waals surface area contributed by atoms with Crippen molar-refractivity contribution in [1.82, 2.24) is 0 Å². The zero-order chi connectivity index (χ0) is 11.5. The van der Waals surface area contributed by atoms with Gasteiger partial charge in [0, 0.05) is 0 Å². The molecule has 0 aliphatic carbocycles. The summed E-state index contributed by atoms with van der Waals surface area (Å²) in [7, 11) is 0. The van der Waals surface area contributed by atoms with Crippen LogP contribution in [0.15, 0.2) is 18.2 Å². The van der Waals surface area contributed by atoms with E-state index in [4.69, 9.17) is 16.2 Å². The highest BCUT2D eigenvalue weighted by molar-refractivity contribution is 5.79. The van der Waals surface area contributed by atoms with E-state index in [1.165, 1.54) is 11.1 Å². The van der Waals surface area contributed by atoms with Gasteiger partial charge in [0.15, 0.2) is 0 Å². The standard InChI is InChI=1S/C12H16N2O2/c13-11(12(14)15)6-8-1-2-9-3-4-16-7-10(9)5-8/h1-2,5,11H,3-4,6-7,13H2,(H2,14,15)/t11-/m0/s1. The van der Waals surface area contributed by atoms with Gasteiger partial charge in [-0.15, -0.1) is 0 Å². The van der Waals surface area contributed by atoms with Crippen molar-refractivity contribution >= 4 is 5.91 Å². The lowest BCUT2D eigenvalue weighted by Gasteiger charge is -2.17. The van der Waals surface area contributed by atoms with Gasteiger partial charge in [-0.2, -0.15) is 0 Å². The molecule has 0 saturated carbocycles. The van der Waals surface area contributed by atoms with Crippen LogP contribution in [0.5, 0.6) is 0 Å². The Hall–Kier alpha value is -1.39. The Bertz CT molecular complexity index is 404. The molecule has 4 N–H and O–H groups in total. The van der Waals surface area contributed by atoms with Gasteiger partial charge in [-0.05, 0) is 29.5 Å². The molecule has 0 saturated heterocycles. The molecule has 1 aliphatic heterocycles. The van der Waals surface area contributed by atoms with E-state index in [-0.39, 0.29) is 0 Å². The minimum atomic E-state index is -0.609. The van der Waals surface area contributed by atoms with Gasteiger partial charge < -0.3 is 16.2 Å². The molecule has 0 fully saturated rings. The van der Waals surface area contributed by atoms with Gasteiger partial charge in [-0.1, -0.05) is 18.2 Å². The highest BCUT2D eigenvalue weighted by Crippen LogP contribution is 2.18. The number of hydrogen-bond donors (Lipinski definition) is 2. The lowest BCUT2D eigenvalue weighted by atomic mass is 9.97. The number of fused-ring (bicyclic) bond motifs is 1. The number of primary amides is 1. The molecule has 1 heterocycles. The van der Waals surface area contributed by atoms with Crippen LogP contribution in [-0.2, 0) is 29.0 Å². The Balaban J connectivity index is 2.14. The van der Waals surface area contributed by atoms with E-state index in [2.05, 4.69) is 12.1 Å². The summed E-state index contributed by atoms with van der Waals surface area (Å²) in [6, 6.07) is 5.54. The van der Waals surface area contributed by atoms with Crippen molar-refractivity contribution in [2.45, 2.75) is 25.5 Å². The SMILES string of the molecule is NC(=O)[C@@H](N)Cc1ccc2c(c1)COCC2. The Morgan fingerprint density at radius 1 is 1.44 bits per heavy atom. The van der Waals surface area contributed by atoms with Crippen molar-refractivity contribution in [3.63, 3.8) is 0 Å². The minimum Gasteiger partial charge on any atom is -0.376 e. The second-order valence-electron chi connectivity index (χ2n) is 4.12. The van der Waals surface area contributed by atoms with Gasteiger partial charge in [0.2, 0.25) is 5.91 Å². The van der Waals surface area contributed by atoms with E-state index in [1.54, 1.807) is 0 Å². The Labute approximate surface area is 94.6 Å². The first-order valence-corrected chi connectivity index (χ1v) is 5.40. The summed E-state index contributed by atoms with van der Waals surface area (Å²) in [6.45, 7) is 1.43. The summed E-state index contributed by atoms with van der Waals surface area (Å²) >= 11 is 0. The first-order valence-electron chi connectivity index (χ1n) is 5.40. The number of benzene rings is 1. The number of amides is 1. The highest BCUT2D eigenvalue weighted by Gasteiger charge is 2.13. The zero-order valence-corrected chi connectivity index (χ0v) is 9.11. The molecule has 1 amide bonds. The fraction of sp³-hybridized carbons (Fsp3) is 0.417. The highest BCUT2D eigenvalue weighted by atomic mass is 16.5.